The molecule has 0 radical (unpaired) electrons. The highest BCUT2D eigenvalue weighted by molar-refractivity contribution is 5.91. The van der Waals surface area contributed by atoms with Gasteiger partial charge >= 0.3 is 0 Å². The summed E-state index contributed by atoms with van der Waals surface area (Å²) in [4.78, 5) is 14.1. The summed E-state index contributed by atoms with van der Waals surface area (Å²) in [5.41, 5.74) is 1.61. The summed E-state index contributed by atoms with van der Waals surface area (Å²) in [6.07, 6.45) is 4.75. The highest BCUT2D eigenvalue weighted by Gasteiger charge is 2.18. The molecule has 22 heavy (non-hydrogen) atoms. The molecule has 0 N–H and O–H groups in total. The van der Waals surface area contributed by atoms with Gasteiger partial charge in [0, 0.05) is 12.6 Å². The first-order valence-electron chi connectivity index (χ1n) is 7.18. The van der Waals surface area contributed by atoms with Crippen molar-refractivity contribution < 1.29 is 9.21 Å². The summed E-state index contributed by atoms with van der Waals surface area (Å²) in [5, 5.41) is 8.84. The number of carbonyl (C=O) groups excluding carboxylic acids is 1. The molecule has 1 atom stereocenters. The van der Waals surface area contributed by atoms with Crippen molar-refractivity contribution in [2.45, 2.75) is 19.9 Å². The Labute approximate surface area is 130 Å². The van der Waals surface area contributed by atoms with E-state index in [1.54, 1.807) is 41.5 Å². The molecular formula is C18H18N2O2. The molecule has 112 valence electrons. The van der Waals surface area contributed by atoms with Crippen molar-refractivity contribution in [2.75, 3.05) is 6.54 Å². The summed E-state index contributed by atoms with van der Waals surface area (Å²) in [7, 11) is 0. The summed E-state index contributed by atoms with van der Waals surface area (Å²) in [5.74, 6) is 0.575. The quantitative estimate of drug-likeness (QED) is 0.789. The lowest BCUT2D eigenvalue weighted by Gasteiger charge is -2.27. The van der Waals surface area contributed by atoms with Crippen molar-refractivity contribution in [3.05, 3.63) is 65.6 Å². The van der Waals surface area contributed by atoms with Crippen LogP contribution in [0.25, 0.3) is 6.08 Å². The number of hydrogen-bond acceptors (Lipinski definition) is 3. The minimum atomic E-state index is -0.0734. The lowest BCUT2D eigenvalue weighted by atomic mass is 10.0. The van der Waals surface area contributed by atoms with Crippen LogP contribution in [0.3, 0.4) is 0 Å². The Kier molecular flexibility index (Phi) is 5.16. The summed E-state index contributed by atoms with van der Waals surface area (Å²) in [6, 6.07) is 12.9. The summed E-state index contributed by atoms with van der Waals surface area (Å²) in [6.45, 7) is 4.52. The second kappa shape index (κ2) is 7.28. The molecule has 0 bridgehead atoms. The summed E-state index contributed by atoms with van der Waals surface area (Å²) < 4.78 is 5.18. The maximum absolute atomic E-state index is 12.4. The molecule has 1 amide bonds. The Bertz CT molecular complexity index is 679. The molecule has 2 aromatic rings. The predicted octanol–water partition coefficient (Wildman–Crippen LogP) is 3.77. The Balaban J connectivity index is 2.12. The zero-order valence-corrected chi connectivity index (χ0v) is 12.7. The Morgan fingerprint density at radius 3 is 2.64 bits per heavy atom. The SMILES string of the molecule is CCN(C(=O)/C=C/c1ccco1)C(C)c1ccc(C#N)cc1. The van der Waals surface area contributed by atoms with Gasteiger partial charge in [-0.1, -0.05) is 12.1 Å². The van der Waals surface area contributed by atoms with Crippen molar-refractivity contribution in [1.82, 2.24) is 4.90 Å². The van der Waals surface area contributed by atoms with Gasteiger partial charge in [-0.25, -0.2) is 0 Å². The molecule has 1 aromatic heterocycles. The van der Waals surface area contributed by atoms with E-state index in [0.29, 0.717) is 17.9 Å². The fraction of sp³-hybridized carbons (Fsp3) is 0.222. The predicted molar refractivity (Wildman–Crippen MR) is 84.7 cm³/mol. The third-order valence-corrected chi connectivity index (χ3v) is 3.55. The molecule has 4 heteroatoms. The fourth-order valence-corrected chi connectivity index (χ4v) is 2.27. The van der Waals surface area contributed by atoms with Gasteiger partial charge in [0.25, 0.3) is 0 Å². The average Bonchev–Trinajstić information content (AvgIpc) is 3.07. The molecule has 0 saturated heterocycles. The van der Waals surface area contributed by atoms with E-state index in [9.17, 15) is 4.79 Å². The molecule has 0 aliphatic carbocycles. The largest absolute Gasteiger partial charge is 0.465 e. The second-order valence-electron chi connectivity index (χ2n) is 4.88. The molecule has 0 aliphatic heterocycles. The minimum absolute atomic E-state index is 0.0634. The first kappa shape index (κ1) is 15.6. The van der Waals surface area contributed by atoms with Crippen molar-refractivity contribution in [1.29, 1.82) is 5.26 Å². The highest BCUT2D eigenvalue weighted by atomic mass is 16.3. The van der Waals surface area contributed by atoms with Crippen LogP contribution in [0.1, 0.15) is 36.8 Å². The van der Waals surface area contributed by atoms with Crippen LogP contribution in [0.15, 0.2) is 53.2 Å². The maximum atomic E-state index is 12.4. The van der Waals surface area contributed by atoms with E-state index in [1.165, 1.54) is 6.08 Å². The van der Waals surface area contributed by atoms with Crippen LogP contribution >= 0.6 is 0 Å². The highest BCUT2D eigenvalue weighted by Crippen LogP contribution is 2.21. The van der Waals surface area contributed by atoms with Gasteiger partial charge in [0.15, 0.2) is 0 Å². The molecule has 1 unspecified atom stereocenters. The molecule has 2 rings (SSSR count). The van der Waals surface area contributed by atoms with Gasteiger partial charge in [-0.15, -0.1) is 0 Å². The molecule has 1 heterocycles. The standard InChI is InChI=1S/C18H18N2O2/c1-3-20(18(21)11-10-17-5-4-12-22-17)14(2)16-8-6-15(13-19)7-9-16/h4-12,14H,3H2,1-2H3/b11-10+. The van der Waals surface area contributed by atoms with Crippen LogP contribution in [-0.4, -0.2) is 17.4 Å². The van der Waals surface area contributed by atoms with Gasteiger partial charge in [0.2, 0.25) is 5.91 Å². The van der Waals surface area contributed by atoms with E-state index in [1.807, 2.05) is 26.0 Å². The minimum Gasteiger partial charge on any atom is -0.465 e. The molecule has 0 saturated carbocycles. The van der Waals surface area contributed by atoms with Crippen LogP contribution in [0, 0.1) is 11.3 Å². The average molecular weight is 294 g/mol. The maximum Gasteiger partial charge on any atom is 0.247 e. The van der Waals surface area contributed by atoms with Crippen LogP contribution in [0.2, 0.25) is 0 Å². The second-order valence-corrected chi connectivity index (χ2v) is 4.88. The smallest absolute Gasteiger partial charge is 0.247 e. The summed E-state index contributed by atoms with van der Waals surface area (Å²) >= 11 is 0. The Hall–Kier alpha value is -2.80. The van der Waals surface area contributed by atoms with Gasteiger partial charge in [0.05, 0.1) is 23.9 Å². The zero-order chi connectivity index (χ0) is 15.9. The molecule has 0 spiro atoms. The molecular weight excluding hydrogens is 276 g/mol. The number of furan rings is 1. The van der Waals surface area contributed by atoms with E-state index in [0.717, 1.165) is 5.56 Å². The monoisotopic (exact) mass is 294 g/mol. The third kappa shape index (κ3) is 3.64. The normalized spacial score (nSPS) is 12.0. The number of benzene rings is 1. The van der Waals surface area contributed by atoms with Gasteiger partial charge in [0.1, 0.15) is 5.76 Å². The topological polar surface area (TPSA) is 57.2 Å². The third-order valence-electron chi connectivity index (χ3n) is 3.55. The van der Waals surface area contributed by atoms with Gasteiger partial charge in [-0.2, -0.15) is 5.26 Å². The number of nitriles is 1. The van der Waals surface area contributed by atoms with Crippen molar-refractivity contribution in [3.8, 4) is 6.07 Å². The van der Waals surface area contributed by atoms with Crippen LogP contribution < -0.4 is 0 Å². The molecule has 4 nitrogen and oxygen atoms in total. The number of amides is 1. The first-order chi connectivity index (χ1) is 10.7. The van der Waals surface area contributed by atoms with Crippen LogP contribution in [-0.2, 0) is 4.79 Å². The molecule has 0 fully saturated rings. The fourth-order valence-electron chi connectivity index (χ4n) is 2.27. The number of nitrogens with zero attached hydrogens (tertiary/aromatic N) is 2. The van der Waals surface area contributed by atoms with Gasteiger partial charge in [-0.05, 0) is 49.8 Å². The van der Waals surface area contributed by atoms with Gasteiger partial charge < -0.3 is 9.32 Å². The van der Waals surface area contributed by atoms with Crippen molar-refractivity contribution >= 4 is 12.0 Å². The van der Waals surface area contributed by atoms with E-state index >= 15 is 0 Å². The Morgan fingerprint density at radius 2 is 2.09 bits per heavy atom. The van der Waals surface area contributed by atoms with Crippen LogP contribution in [0.5, 0.6) is 0 Å². The van der Waals surface area contributed by atoms with Gasteiger partial charge in [-0.3, -0.25) is 4.79 Å². The van der Waals surface area contributed by atoms with Crippen molar-refractivity contribution in [3.63, 3.8) is 0 Å². The van der Waals surface area contributed by atoms with Crippen LogP contribution in [0.4, 0.5) is 0 Å². The number of likely N-dealkylation sites (N-methyl/N-ethyl adjacent to an activating group) is 1. The van der Waals surface area contributed by atoms with E-state index in [4.69, 9.17) is 9.68 Å². The lowest BCUT2D eigenvalue weighted by Crippen LogP contribution is -2.32. The van der Waals surface area contributed by atoms with E-state index in [2.05, 4.69) is 6.07 Å². The number of hydrogen-bond donors (Lipinski definition) is 0. The van der Waals surface area contributed by atoms with Crippen molar-refractivity contribution in [2.24, 2.45) is 0 Å². The van der Waals surface area contributed by atoms with E-state index < -0.39 is 0 Å². The first-order valence-corrected chi connectivity index (χ1v) is 7.18. The molecule has 1 aromatic carbocycles. The van der Waals surface area contributed by atoms with E-state index in [-0.39, 0.29) is 11.9 Å². The lowest BCUT2D eigenvalue weighted by molar-refractivity contribution is -0.127. The zero-order valence-electron chi connectivity index (χ0n) is 12.7. The Morgan fingerprint density at radius 1 is 1.36 bits per heavy atom. The number of carbonyl (C=O) groups is 1. The number of rotatable bonds is 5. The molecule has 0 aliphatic rings.